The highest BCUT2D eigenvalue weighted by molar-refractivity contribution is 6.03. The zero-order valence-electron chi connectivity index (χ0n) is 15.7. The van der Waals surface area contributed by atoms with E-state index in [2.05, 4.69) is 31.6 Å². The lowest BCUT2D eigenvalue weighted by Crippen LogP contribution is -2.25. The highest BCUT2D eigenvalue weighted by Crippen LogP contribution is 2.18. The van der Waals surface area contributed by atoms with Gasteiger partial charge in [0, 0.05) is 17.8 Å². The van der Waals surface area contributed by atoms with Gasteiger partial charge < -0.3 is 10.6 Å². The topological polar surface area (TPSA) is 101 Å². The number of aromatic nitrogens is 4. The molecule has 0 fully saturated rings. The van der Waals surface area contributed by atoms with Gasteiger partial charge in [-0.1, -0.05) is 18.1 Å². The van der Waals surface area contributed by atoms with Crippen LogP contribution in [0, 0.1) is 26.2 Å². The molecule has 0 atom stereocenters. The first-order valence-corrected chi connectivity index (χ1v) is 8.77. The summed E-state index contributed by atoms with van der Waals surface area (Å²) in [6.45, 7) is 3.94. The van der Waals surface area contributed by atoms with E-state index in [9.17, 15) is 9.59 Å². The van der Waals surface area contributed by atoms with Crippen molar-refractivity contribution in [2.45, 2.75) is 26.7 Å². The number of carbonyl (C=O) groups is 2. The van der Waals surface area contributed by atoms with Crippen molar-refractivity contribution >= 4 is 23.3 Å². The Morgan fingerprint density at radius 1 is 1.25 bits per heavy atom. The van der Waals surface area contributed by atoms with Crippen molar-refractivity contribution in [3.8, 4) is 12.3 Å². The summed E-state index contributed by atoms with van der Waals surface area (Å²) in [4.78, 5) is 33.2. The van der Waals surface area contributed by atoms with E-state index < -0.39 is 0 Å². The molecule has 8 nitrogen and oxygen atoms in total. The SMILES string of the molecule is C#CCNC(=O)c1ccccc1NC(=O)CCc1c(C)nc2ncnn2c1C. The lowest BCUT2D eigenvalue weighted by molar-refractivity contribution is -0.116. The van der Waals surface area contributed by atoms with Gasteiger partial charge in [0.25, 0.3) is 11.7 Å². The molecule has 0 aliphatic heterocycles. The van der Waals surface area contributed by atoms with Gasteiger partial charge >= 0.3 is 0 Å². The number of carbonyl (C=O) groups excluding carboxylic acids is 2. The molecule has 0 saturated heterocycles. The van der Waals surface area contributed by atoms with E-state index >= 15 is 0 Å². The molecule has 3 aromatic rings. The van der Waals surface area contributed by atoms with Crippen LogP contribution in [0.15, 0.2) is 30.6 Å². The van der Waals surface area contributed by atoms with Gasteiger partial charge in [0.05, 0.1) is 17.8 Å². The lowest BCUT2D eigenvalue weighted by Gasteiger charge is -2.12. The van der Waals surface area contributed by atoms with Crippen molar-refractivity contribution < 1.29 is 9.59 Å². The van der Waals surface area contributed by atoms with Gasteiger partial charge in [0.15, 0.2) is 0 Å². The number of rotatable bonds is 6. The number of anilines is 1. The van der Waals surface area contributed by atoms with E-state index in [4.69, 9.17) is 6.42 Å². The van der Waals surface area contributed by atoms with Crippen LogP contribution in [0.5, 0.6) is 0 Å². The van der Waals surface area contributed by atoms with Crippen LogP contribution in [-0.2, 0) is 11.2 Å². The zero-order chi connectivity index (χ0) is 20.1. The number of fused-ring (bicyclic) bond motifs is 1. The maximum atomic E-state index is 12.5. The zero-order valence-corrected chi connectivity index (χ0v) is 15.7. The fourth-order valence-electron chi connectivity index (χ4n) is 2.99. The van der Waals surface area contributed by atoms with Crippen molar-refractivity contribution in [1.29, 1.82) is 0 Å². The lowest BCUT2D eigenvalue weighted by atomic mass is 10.1. The molecular weight excluding hydrogens is 356 g/mol. The fourth-order valence-corrected chi connectivity index (χ4v) is 2.99. The second-order valence-electron chi connectivity index (χ2n) is 6.21. The third-order valence-electron chi connectivity index (χ3n) is 4.39. The summed E-state index contributed by atoms with van der Waals surface area (Å²) < 4.78 is 1.66. The molecule has 2 amide bonds. The highest BCUT2D eigenvalue weighted by Gasteiger charge is 2.15. The number of amides is 2. The second-order valence-corrected chi connectivity index (χ2v) is 6.21. The van der Waals surface area contributed by atoms with Crippen molar-refractivity contribution in [2.24, 2.45) is 0 Å². The van der Waals surface area contributed by atoms with Crippen LogP contribution in [0.1, 0.15) is 33.7 Å². The van der Waals surface area contributed by atoms with E-state index in [1.165, 1.54) is 6.33 Å². The standard InChI is InChI=1S/C20H20N6O2/c1-4-11-21-19(28)16-7-5-6-8-17(16)25-18(27)10-9-15-13(2)24-20-22-12-23-26(20)14(15)3/h1,5-8,12H,9-11H2,2-3H3,(H,21,28)(H,25,27). The van der Waals surface area contributed by atoms with Crippen LogP contribution >= 0.6 is 0 Å². The largest absolute Gasteiger partial charge is 0.341 e. The number of hydrogen-bond acceptors (Lipinski definition) is 5. The number of para-hydroxylation sites is 1. The molecule has 0 bridgehead atoms. The van der Waals surface area contributed by atoms with E-state index in [1.54, 1.807) is 28.8 Å². The van der Waals surface area contributed by atoms with E-state index in [0.717, 1.165) is 17.0 Å². The maximum Gasteiger partial charge on any atom is 0.254 e. The smallest absolute Gasteiger partial charge is 0.254 e. The fraction of sp³-hybridized carbons (Fsp3) is 0.250. The van der Waals surface area contributed by atoms with Gasteiger partial charge in [0.2, 0.25) is 5.91 Å². The first kappa shape index (κ1) is 19.0. The summed E-state index contributed by atoms with van der Waals surface area (Å²) in [5, 5.41) is 9.56. The average Bonchev–Trinajstić information content (AvgIpc) is 3.15. The van der Waals surface area contributed by atoms with Crippen molar-refractivity contribution in [3.05, 3.63) is 53.1 Å². The monoisotopic (exact) mass is 376 g/mol. The Hall–Kier alpha value is -3.73. The molecule has 0 unspecified atom stereocenters. The van der Waals surface area contributed by atoms with Crippen molar-refractivity contribution in [3.63, 3.8) is 0 Å². The number of nitrogens with zero attached hydrogens (tertiary/aromatic N) is 4. The van der Waals surface area contributed by atoms with Crippen LogP contribution in [0.25, 0.3) is 5.78 Å². The van der Waals surface area contributed by atoms with E-state index in [0.29, 0.717) is 23.4 Å². The minimum Gasteiger partial charge on any atom is -0.341 e. The molecule has 0 spiro atoms. The molecule has 0 saturated carbocycles. The summed E-state index contributed by atoms with van der Waals surface area (Å²) in [6, 6.07) is 6.80. The average molecular weight is 376 g/mol. The molecule has 2 heterocycles. The third kappa shape index (κ3) is 3.99. The molecule has 142 valence electrons. The van der Waals surface area contributed by atoms with Crippen molar-refractivity contribution in [1.82, 2.24) is 24.9 Å². The van der Waals surface area contributed by atoms with Gasteiger partial charge in [-0.05, 0) is 38.0 Å². The van der Waals surface area contributed by atoms with E-state index in [1.807, 2.05) is 13.8 Å². The normalized spacial score (nSPS) is 10.5. The number of benzene rings is 1. The van der Waals surface area contributed by atoms with Crippen LogP contribution in [0.3, 0.4) is 0 Å². The van der Waals surface area contributed by atoms with Crippen LogP contribution in [0.4, 0.5) is 5.69 Å². The van der Waals surface area contributed by atoms with Crippen LogP contribution in [-0.4, -0.2) is 37.9 Å². The highest BCUT2D eigenvalue weighted by atomic mass is 16.2. The molecule has 2 aromatic heterocycles. The molecule has 1 aromatic carbocycles. The molecule has 3 rings (SSSR count). The minimum atomic E-state index is -0.332. The first-order valence-electron chi connectivity index (χ1n) is 8.77. The van der Waals surface area contributed by atoms with Gasteiger partial charge in [0.1, 0.15) is 6.33 Å². The van der Waals surface area contributed by atoms with Gasteiger partial charge in [-0.3, -0.25) is 9.59 Å². The Labute approximate surface area is 162 Å². The Morgan fingerprint density at radius 3 is 2.82 bits per heavy atom. The summed E-state index contributed by atoms with van der Waals surface area (Å²) in [6.07, 6.45) is 7.36. The second kappa shape index (κ2) is 8.31. The summed E-state index contributed by atoms with van der Waals surface area (Å²) >= 11 is 0. The Morgan fingerprint density at radius 2 is 2.04 bits per heavy atom. The molecule has 0 radical (unpaired) electrons. The summed E-state index contributed by atoms with van der Waals surface area (Å²) in [7, 11) is 0. The molecule has 2 N–H and O–H groups in total. The van der Waals surface area contributed by atoms with Gasteiger partial charge in [-0.15, -0.1) is 6.42 Å². The molecule has 0 aliphatic rings. The predicted molar refractivity (Wildman–Crippen MR) is 105 cm³/mol. The van der Waals surface area contributed by atoms with Crippen LogP contribution in [0.2, 0.25) is 0 Å². The summed E-state index contributed by atoms with van der Waals surface area (Å²) in [5.74, 6) is 2.36. The number of aryl methyl sites for hydroxylation is 2. The van der Waals surface area contributed by atoms with E-state index in [-0.39, 0.29) is 24.8 Å². The number of nitrogens with one attached hydrogen (secondary N) is 2. The van der Waals surface area contributed by atoms with Crippen LogP contribution < -0.4 is 10.6 Å². The van der Waals surface area contributed by atoms with Gasteiger partial charge in [-0.2, -0.15) is 10.1 Å². The molecule has 8 heteroatoms. The number of hydrogen-bond donors (Lipinski definition) is 2. The van der Waals surface area contributed by atoms with Crippen molar-refractivity contribution in [2.75, 3.05) is 11.9 Å². The predicted octanol–water partition coefficient (Wildman–Crippen LogP) is 1.68. The van der Waals surface area contributed by atoms with Gasteiger partial charge in [-0.25, -0.2) is 9.50 Å². The Bertz CT molecular complexity index is 1080. The maximum absolute atomic E-state index is 12.5. The molecule has 0 aliphatic carbocycles. The Balaban J connectivity index is 1.71. The third-order valence-corrected chi connectivity index (χ3v) is 4.39. The number of terminal acetylenes is 1. The summed E-state index contributed by atoms with van der Waals surface area (Å²) in [5.41, 5.74) is 3.49. The Kier molecular flexibility index (Phi) is 5.65. The first-order chi connectivity index (χ1) is 13.5. The molecular formula is C20H20N6O2. The molecule has 28 heavy (non-hydrogen) atoms. The quantitative estimate of drug-likeness (QED) is 0.638. The minimum absolute atomic E-state index is 0.122.